The van der Waals surface area contributed by atoms with Gasteiger partial charge >= 0.3 is 11.9 Å². The van der Waals surface area contributed by atoms with Crippen LogP contribution in [0.25, 0.3) is 0 Å². The van der Waals surface area contributed by atoms with Gasteiger partial charge in [0, 0.05) is 12.7 Å². The van der Waals surface area contributed by atoms with Crippen LogP contribution in [0.15, 0.2) is 40.0 Å². The van der Waals surface area contributed by atoms with Crippen LogP contribution >= 0.6 is 23.5 Å². The molecule has 0 aliphatic carbocycles. The highest BCUT2D eigenvalue weighted by atomic mass is 32.2. The van der Waals surface area contributed by atoms with Gasteiger partial charge in [0.15, 0.2) is 0 Å². The number of hydrogen-bond donors (Lipinski definition) is 0. The highest BCUT2D eigenvalue weighted by Crippen LogP contribution is 2.58. The second kappa shape index (κ2) is 7.35. The van der Waals surface area contributed by atoms with Gasteiger partial charge in [0.05, 0.1) is 27.0 Å². The van der Waals surface area contributed by atoms with Crippen LogP contribution in [0, 0.1) is 0 Å². The van der Waals surface area contributed by atoms with Gasteiger partial charge in [-0.1, -0.05) is 11.8 Å². The SMILES string of the molecule is COC(=O)C1=NN(c2ccc(OC)cc2)[C@@]2(S1)SC(C(=O)OC)=C(C)N2C. The molecule has 0 bridgehead atoms. The van der Waals surface area contributed by atoms with Gasteiger partial charge in [-0.05, 0) is 43.0 Å². The number of carbonyl (C=O) groups excluding carboxylic acids is 2. The number of hydrazone groups is 1. The summed E-state index contributed by atoms with van der Waals surface area (Å²) in [4.78, 5) is 26.7. The molecule has 2 heterocycles. The number of carbonyl (C=O) groups is 2. The molecule has 0 saturated heterocycles. The number of hydrogen-bond acceptors (Lipinski definition) is 10. The number of thioether (sulfide) groups is 2. The standard InChI is InChI=1S/C17H19N3O5S2/c1-10-13(15(21)24-4)26-17(19(10)2)20(18-14(27-17)16(22)25-5)11-6-8-12(23-3)9-7-11/h6-9H,1-5H3/t17-/m1/s1. The van der Waals surface area contributed by atoms with Crippen molar-refractivity contribution in [2.24, 2.45) is 5.10 Å². The summed E-state index contributed by atoms with van der Waals surface area (Å²) in [6, 6.07) is 7.29. The maximum Gasteiger partial charge on any atom is 0.365 e. The Morgan fingerprint density at radius 3 is 2.22 bits per heavy atom. The lowest BCUT2D eigenvalue weighted by atomic mass is 10.3. The third-order valence-corrected chi connectivity index (χ3v) is 7.26. The Balaban J connectivity index is 2.05. The minimum Gasteiger partial charge on any atom is -0.497 e. The summed E-state index contributed by atoms with van der Waals surface area (Å²) in [6.45, 7) is 1.83. The zero-order valence-corrected chi connectivity index (χ0v) is 17.1. The summed E-state index contributed by atoms with van der Waals surface area (Å²) >= 11 is 2.50. The summed E-state index contributed by atoms with van der Waals surface area (Å²) in [7, 11) is 6.08. The molecule has 0 radical (unpaired) electrons. The molecule has 0 fully saturated rings. The molecule has 0 unspecified atom stereocenters. The zero-order valence-electron chi connectivity index (χ0n) is 15.5. The van der Waals surface area contributed by atoms with E-state index in [0.29, 0.717) is 10.7 Å². The van der Waals surface area contributed by atoms with Crippen LogP contribution in [0.5, 0.6) is 5.75 Å². The first-order valence-electron chi connectivity index (χ1n) is 7.90. The highest BCUT2D eigenvalue weighted by Gasteiger charge is 2.56. The Morgan fingerprint density at radius 2 is 1.67 bits per heavy atom. The minimum absolute atomic E-state index is 0.201. The summed E-state index contributed by atoms with van der Waals surface area (Å²) in [5.41, 5.74) is 1.47. The molecule has 27 heavy (non-hydrogen) atoms. The molecule has 2 aliphatic rings. The Labute approximate surface area is 165 Å². The van der Waals surface area contributed by atoms with E-state index in [1.165, 1.54) is 37.7 Å². The monoisotopic (exact) mass is 409 g/mol. The molecule has 0 N–H and O–H groups in total. The molecule has 8 nitrogen and oxygen atoms in total. The van der Waals surface area contributed by atoms with Gasteiger partial charge in [0.25, 0.3) is 0 Å². The van der Waals surface area contributed by atoms with E-state index in [1.54, 1.807) is 24.3 Å². The second-order valence-corrected chi connectivity index (χ2v) is 8.22. The van der Waals surface area contributed by atoms with Crippen molar-refractivity contribution in [3.05, 3.63) is 34.9 Å². The van der Waals surface area contributed by atoms with E-state index >= 15 is 0 Å². The molecule has 1 spiro atoms. The van der Waals surface area contributed by atoms with Crippen LogP contribution in [0.2, 0.25) is 0 Å². The Kier molecular flexibility index (Phi) is 5.29. The fraction of sp³-hybridized carbons (Fsp3) is 0.353. The van der Waals surface area contributed by atoms with E-state index in [0.717, 1.165) is 11.4 Å². The lowest BCUT2D eigenvalue weighted by Gasteiger charge is -2.39. The number of methoxy groups -OCH3 is 3. The number of allylic oxidation sites excluding steroid dienone is 1. The van der Waals surface area contributed by atoms with Gasteiger partial charge in [0.2, 0.25) is 9.37 Å². The predicted octanol–water partition coefficient (Wildman–Crippen LogP) is 2.43. The van der Waals surface area contributed by atoms with Crippen LogP contribution in [-0.2, 0) is 19.1 Å². The van der Waals surface area contributed by atoms with Crippen molar-refractivity contribution in [1.82, 2.24) is 4.90 Å². The quantitative estimate of drug-likeness (QED) is 0.697. The van der Waals surface area contributed by atoms with E-state index in [4.69, 9.17) is 14.2 Å². The van der Waals surface area contributed by atoms with E-state index in [1.807, 2.05) is 31.0 Å². The van der Waals surface area contributed by atoms with Crippen LogP contribution in [0.4, 0.5) is 5.69 Å². The lowest BCUT2D eigenvalue weighted by Crippen LogP contribution is -2.47. The van der Waals surface area contributed by atoms with Gasteiger partial charge in [-0.3, -0.25) is 0 Å². The van der Waals surface area contributed by atoms with Crippen molar-refractivity contribution in [2.75, 3.05) is 33.4 Å². The second-order valence-electron chi connectivity index (χ2n) is 5.62. The molecular formula is C17H19N3O5S2. The molecule has 10 heteroatoms. The van der Waals surface area contributed by atoms with Crippen molar-refractivity contribution in [2.45, 2.75) is 11.3 Å². The topological polar surface area (TPSA) is 80.7 Å². The average molecular weight is 409 g/mol. The molecule has 0 amide bonds. The Morgan fingerprint density at radius 1 is 1.04 bits per heavy atom. The first-order chi connectivity index (χ1) is 12.9. The first kappa shape index (κ1) is 19.4. The number of anilines is 1. The molecule has 1 aromatic rings. The van der Waals surface area contributed by atoms with Crippen LogP contribution in [0.3, 0.4) is 0 Å². The maximum atomic E-state index is 12.2. The fourth-order valence-electron chi connectivity index (χ4n) is 2.65. The van der Waals surface area contributed by atoms with Crippen molar-refractivity contribution in [3.63, 3.8) is 0 Å². The van der Waals surface area contributed by atoms with Crippen LogP contribution in [0.1, 0.15) is 6.92 Å². The Hall–Kier alpha value is -2.33. The van der Waals surface area contributed by atoms with Crippen molar-refractivity contribution < 1.29 is 23.8 Å². The van der Waals surface area contributed by atoms with Crippen molar-refractivity contribution in [3.8, 4) is 5.75 Å². The van der Waals surface area contributed by atoms with Gasteiger partial charge in [-0.25, -0.2) is 14.6 Å². The molecule has 1 atom stereocenters. The minimum atomic E-state index is -0.883. The third kappa shape index (κ3) is 3.12. The van der Waals surface area contributed by atoms with Crippen LogP contribution in [-0.4, -0.2) is 54.6 Å². The fourth-order valence-corrected chi connectivity index (χ4v) is 5.58. The molecule has 2 aliphatic heterocycles. The van der Waals surface area contributed by atoms with E-state index < -0.39 is 16.3 Å². The summed E-state index contributed by atoms with van der Waals surface area (Å²) in [5.74, 6) is -0.259. The van der Waals surface area contributed by atoms with Crippen molar-refractivity contribution >= 4 is 46.2 Å². The molecule has 3 rings (SSSR count). The van der Waals surface area contributed by atoms with Gasteiger partial charge in [0.1, 0.15) is 10.7 Å². The molecule has 0 saturated carbocycles. The van der Waals surface area contributed by atoms with Gasteiger partial charge in [-0.2, -0.15) is 5.10 Å². The normalized spacial score (nSPS) is 21.6. The number of nitrogens with zero attached hydrogens (tertiary/aromatic N) is 3. The average Bonchev–Trinajstić information content (AvgIpc) is 3.21. The third-order valence-electron chi connectivity index (χ3n) is 4.23. The van der Waals surface area contributed by atoms with Crippen molar-refractivity contribution in [1.29, 1.82) is 0 Å². The highest BCUT2D eigenvalue weighted by molar-refractivity contribution is 8.28. The van der Waals surface area contributed by atoms with Gasteiger partial charge in [-0.15, -0.1) is 0 Å². The van der Waals surface area contributed by atoms with Gasteiger partial charge < -0.3 is 19.1 Å². The largest absolute Gasteiger partial charge is 0.497 e. The molecule has 1 aromatic carbocycles. The summed E-state index contributed by atoms with van der Waals surface area (Å²) in [5, 5.41) is 6.38. The first-order valence-corrected chi connectivity index (χ1v) is 9.53. The predicted molar refractivity (Wildman–Crippen MR) is 105 cm³/mol. The summed E-state index contributed by atoms with van der Waals surface area (Å²) < 4.78 is 14.1. The molecular weight excluding hydrogens is 390 g/mol. The molecule has 0 aromatic heterocycles. The number of ether oxygens (including phenoxy) is 3. The molecule has 144 valence electrons. The summed E-state index contributed by atoms with van der Waals surface area (Å²) in [6.07, 6.45) is 0. The number of esters is 2. The number of rotatable bonds is 4. The van der Waals surface area contributed by atoms with Crippen LogP contribution < -0.4 is 9.75 Å². The Bertz CT molecular complexity index is 839. The zero-order chi connectivity index (χ0) is 19.8. The number of benzene rings is 1. The lowest BCUT2D eigenvalue weighted by molar-refractivity contribution is -0.135. The van der Waals surface area contributed by atoms with E-state index in [2.05, 4.69) is 5.10 Å². The van der Waals surface area contributed by atoms with E-state index in [9.17, 15) is 9.59 Å². The maximum absolute atomic E-state index is 12.2. The smallest absolute Gasteiger partial charge is 0.365 e. The van der Waals surface area contributed by atoms with E-state index in [-0.39, 0.29) is 5.04 Å².